The number of methoxy groups -OCH3 is 3. The van der Waals surface area contributed by atoms with Crippen molar-refractivity contribution in [2.24, 2.45) is 23.7 Å². The minimum atomic E-state index is -0.128. The Hall–Kier alpha value is -2.01. The summed E-state index contributed by atoms with van der Waals surface area (Å²) in [5.74, 6) is 2.63. The Morgan fingerprint density at radius 3 is 2.23 bits per heavy atom. The van der Waals surface area contributed by atoms with Gasteiger partial charge in [0.15, 0.2) is 11.5 Å². The number of benzene rings is 1. The van der Waals surface area contributed by atoms with Gasteiger partial charge in [0.2, 0.25) is 0 Å². The van der Waals surface area contributed by atoms with Crippen molar-refractivity contribution in [1.29, 1.82) is 0 Å². The van der Waals surface area contributed by atoms with Crippen LogP contribution >= 0.6 is 0 Å². The maximum absolute atomic E-state index is 11.9. The van der Waals surface area contributed by atoms with Gasteiger partial charge in [-0.15, -0.1) is 0 Å². The molecule has 0 aliphatic heterocycles. The molecule has 176 valence electrons. The molecule has 5 nitrogen and oxygen atoms in total. The molecule has 2 unspecified atom stereocenters. The Balaban J connectivity index is 2.76. The van der Waals surface area contributed by atoms with Crippen LogP contribution in [0.15, 0.2) is 30.4 Å². The van der Waals surface area contributed by atoms with Gasteiger partial charge in [-0.3, -0.25) is 4.79 Å². The summed E-state index contributed by atoms with van der Waals surface area (Å²) in [4.78, 5) is 11.9. The largest absolute Gasteiger partial charge is 0.493 e. The number of carbonyl (C=O) groups is 1. The smallest absolute Gasteiger partial charge is 0.309 e. The van der Waals surface area contributed by atoms with Crippen LogP contribution in [0.4, 0.5) is 0 Å². The fourth-order valence-corrected chi connectivity index (χ4v) is 3.55. The van der Waals surface area contributed by atoms with E-state index in [0.29, 0.717) is 25.0 Å². The summed E-state index contributed by atoms with van der Waals surface area (Å²) in [5, 5.41) is 0. The van der Waals surface area contributed by atoms with Gasteiger partial charge >= 0.3 is 5.97 Å². The number of hydrogen-bond donors (Lipinski definition) is 0. The summed E-state index contributed by atoms with van der Waals surface area (Å²) < 4.78 is 21.4. The Morgan fingerprint density at radius 2 is 1.65 bits per heavy atom. The second-order valence-corrected chi connectivity index (χ2v) is 8.70. The van der Waals surface area contributed by atoms with Crippen LogP contribution < -0.4 is 9.47 Å². The zero-order chi connectivity index (χ0) is 23.2. The Kier molecular flexibility index (Phi) is 13.0. The third kappa shape index (κ3) is 9.77. The maximum Gasteiger partial charge on any atom is 0.309 e. The fraction of sp³-hybridized carbons (Fsp3) is 0.654. The lowest BCUT2D eigenvalue weighted by Gasteiger charge is -2.21. The van der Waals surface area contributed by atoms with Crippen molar-refractivity contribution in [2.45, 2.75) is 53.4 Å². The molecule has 0 fully saturated rings. The van der Waals surface area contributed by atoms with Gasteiger partial charge in [-0.1, -0.05) is 45.9 Å². The van der Waals surface area contributed by atoms with Crippen molar-refractivity contribution in [3.63, 3.8) is 0 Å². The summed E-state index contributed by atoms with van der Waals surface area (Å²) in [7, 11) is 4.82. The lowest BCUT2D eigenvalue weighted by molar-refractivity contribution is -0.146. The molecule has 0 aliphatic rings. The number of ether oxygens (including phenoxy) is 4. The lowest BCUT2D eigenvalue weighted by Crippen LogP contribution is -2.21. The minimum Gasteiger partial charge on any atom is -0.493 e. The number of carbonyl (C=O) groups excluding carboxylic acids is 1. The third-order valence-corrected chi connectivity index (χ3v) is 5.72. The molecule has 0 radical (unpaired) electrons. The highest BCUT2D eigenvalue weighted by molar-refractivity contribution is 5.72. The number of hydrogen-bond acceptors (Lipinski definition) is 5. The number of esters is 1. The van der Waals surface area contributed by atoms with E-state index in [1.54, 1.807) is 14.2 Å². The molecule has 0 N–H and O–H groups in total. The van der Waals surface area contributed by atoms with Crippen LogP contribution in [0.25, 0.3) is 0 Å². The molecule has 0 saturated carbocycles. The van der Waals surface area contributed by atoms with E-state index in [4.69, 9.17) is 18.9 Å². The summed E-state index contributed by atoms with van der Waals surface area (Å²) in [6.07, 6.45) is 7.85. The Morgan fingerprint density at radius 1 is 0.935 bits per heavy atom. The van der Waals surface area contributed by atoms with E-state index in [9.17, 15) is 4.79 Å². The molecule has 2 atom stereocenters. The van der Waals surface area contributed by atoms with Gasteiger partial charge in [-0.25, -0.2) is 0 Å². The highest BCUT2D eigenvalue weighted by Crippen LogP contribution is 2.31. The maximum atomic E-state index is 11.9. The molecule has 1 aromatic carbocycles. The van der Waals surface area contributed by atoms with E-state index in [-0.39, 0.29) is 17.8 Å². The van der Waals surface area contributed by atoms with Crippen LogP contribution in [0.5, 0.6) is 11.5 Å². The van der Waals surface area contributed by atoms with Gasteiger partial charge in [0.1, 0.15) is 0 Å². The van der Waals surface area contributed by atoms with E-state index < -0.39 is 0 Å². The molecule has 0 heterocycles. The van der Waals surface area contributed by atoms with Crippen molar-refractivity contribution in [3.8, 4) is 11.5 Å². The zero-order valence-corrected chi connectivity index (χ0v) is 20.5. The molecule has 0 aromatic heterocycles. The first kappa shape index (κ1) is 27.0. The molecule has 1 rings (SSSR count). The first-order chi connectivity index (χ1) is 14.8. The summed E-state index contributed by atoms with van der Waals surface area (Å²) in [5.41, 5.74) is 1.24. The average molecular weight is 435 g/mol. The summed E-state index contributed by atoms with van der Waals surface area (Å²) >= 11 is 0. The van der Waals surface area contributed by atoms with Crippen molar-refractivity contribution in [2.75, 3.05) is 34.5 Å². The summed E-state index contributed by atoms with van der Waals surface area (Å²) in [6, 6.07) is 6.20. The standard InChI is InChI=1S/C26H42O5/c1-19(2)22(11-8-9-12-23(20(3)4)26(27)30-7)17-21-13-14-24(29-6)25(18-21)31-16-10-15-28-5/h8-9,13-14,18-20,22-23H,10-12,15-17H2,1-7H3. The van der Waals surface area contributed by atoms with Crippen molar-refractivity contribution in [1.82, 2.24) is 0 Å². The average Bonchev–Trinajstić information content (AvgIpc) is 2.75. The lowest BCUT2D eigenvalue weighted by atomic mass is 9.86. The third-order valence-electron chi connectivity index (χ3n) is 5.72. The summed E-state index contributed by atoms with van der Waals surface area (Å²) in [6.45, 7) is 9.92. The molecule has 0 aliphatic carbocycles. The normalized spacial score (nSPS) is 13.6. The first-order valence-corrected chi connectivity index (χ1v) is 11.3. The van der Waals surface area contributed by atoms with Crippen LogP contribution in [0, 0.1) is 23.7 Å². The second kappa shape index (κ2) is 14.9. The van der Waals surface area contributed by atoms with Crippen molar-refractivity contribution < 1.29 is 23.7 Å². The molecule has 31 heavy (non-hydrogen) atoms. The van der Waals surface area contributed by atoms with Gasteiger partial charge in [0.05, 0.1) is 26.7 Å². The second-order valence-electron chi connectivity index (χ2n) is 8.70. The number of rotatable bonds is 15. The van der Waals surface area contributed by atoms with Crippen LogP contribution in [0.3, 0.4) is 0 Å². The Bertz CT molecular complexity index is 666. The van der Waals surface area contributed by atoms with Crippen LogP contribution in [0.1, 0.15) is 52.5 Å². The quantitative estimate of drug-likeness (QED) is 0.201. The molecule has 0 amide bonds. The predicted molar refractivity (Wildman–Crippen MR) is 126 cm³/mol. The molecular formula is C26H42O5. The van der Waals surface area contributed by atoms with Gasteiger partial charge in [-0.2, -0.15) is 0 Å². The molecule has 0 saturated heterocycles. The highest BCUT2D eigenvalue weighted by Gasteiger charge is 2.21. The predicted octanol–water partition coefficient (Wildman–Crippen LogP) is 5.71. The molecule has 0 bridgehead atoms. The van der Waals surface area contributed by atoms with Gasteiger partial charge < -0.3 is 18.9 Å². The van der Waals surface area contributed by atoms with Crippen LogP contribution in [0.2, 0.25) is 0 Å². The van der Waals surface area contributed by atoms with E-state index >= 15 is 0 Å². The Labute approximate surface area is 189 Å². The van der Waals surface area contributed by atoms with Crippen molar-refractivity contribution >= 4 is 5.97 Å². The molecule has 1 aromatic rings. The SMILES string of the molecule is COCCCOc1cc(CC(CC=CCC(C(=O)OC)C(C)C)C(C)C)ccc1OC. The monoisotopic (exact) mass is 434 g/mol. The topological polar surface area (TPSA) is 54.0 Å². The van der Waals surface area contributed by atoms with Crippen molar-refractivity contribution in [3.05, 3.63) is 35.9 Å². The number of allylic oxidation sites excluding steroid dienone is 2. The highest BCUT2D eigenvalue weighted by atomic mass is 16.5. The van der Waals surface area contributed by atoms with Crippen LogP contribution in [-0.4, -0.2) is 40.5 Å². The van der Waals surface area contributed by atoms with E-state index in [0.717, 1.165) is 37.2 Å². The minimum absolute atomic E-state index is 0.0850. The first-order valence-electron chi connectivity index (χ1n) is 11.3. The van der Waals surface area contributed by atoms with Crippen LogP contribution in [-0.2, 0) is 20.7 Å². The van der Waals surface area contributed by atoms with E-state index in [1.807, 2.05) is 6.07 Å². The molecular weight excluding hydrogens is 392 g/mol. The van der Waals surface area contributed by atoms with E-state index in [1.165, 1.54) is 12.7 Å². The molecule has 5 heteroatoms. The zero-order valence-electron chi connectivity index (χ0n) is 20.5. The van der Waals surface area contributed by atoms with Gasteiger partial charge in [0, 0.05) is 20.1 Å². The van der Waals surface area contributed by atoms with Gasteiger partial charge in [0.25, 0.3) is 0 Å². The molecule has 0 spiro atoms. The fourth-order valence-electron chi connectivity index (χ4n) is 3.55. The van der Waals surface area contributed by atoms with E-state index in [2.05, 4.69) is 52.0 Å². The van der Waals surface area contributed by atoms with Gasteiger partial charge in [-0.05, 0) is 54.7 Å².